The molecule has 1 aromatic carbocycles. The van der Waals surface area contributed by atoms with Gasteiger partial charge in [-0.1, -0.05) is 33.8 Å². The summed E-state index contributed by atoms with van der Waals surface area (Å²) in [4.78, 5) is 23.4. The molecule has 0 aliphatic heterocycles. The highest BCUT2D eigenvalue weighted by molar-refractivity contribution is 9.10. The average Bonchev–Trinajstić information content (AvgIpc) is 3.02. The topological polar surface area (TPSA) is 97.1 Å². The van der Waals surface area contributed by atoms with Crippen molar-refractivity contribution in [2.24, 2.45) is 0 Å². The van der Waals surface area contributed by atoms with Gasteiger partial charge in [-0.25, -0.2) is 0 Å². The maximum Gasteiger partial charge on any atom is 0.277 e. The molecule has 128 valence electrons. The van der Waals surface area contributed by atoms with Crippen LogP contribution in [0.5, 0.6) is 0 Å². The number of hydrogen-bond donors (Lipinski definition) is 2. The molecule has 0 unspecified atom stereocenters. The molecule has 0 saturated heterocycles. The Bertz CT molecular complexity index is 722. The van der Waals surface area contributed by atoms with Gasteiger partial charge in [0.25, 0.3) is 5.22 Å². The third kappa shape index (κ3) is 5.34. The Kier molecular flexibility index (Phi) is 6.80. The molecule has 0 saturated carbocycles. The van der Waals surface area contributed by atoms with Gasteiger partial charge in [-0.15, -0.1) is 10.2 Å². The number of halogens is 1. The van der Waals surface area contributed by atoms with Crippen molar-refractivity contribution in [3.63, 3.8) is 0 Å². The smallest absolute Gasteiger partial charge is 0.277 e. The van der Waals surface area contributed by atoms with E-state index in [-0.39, 0.29) is 17.6 Å². The molecule has 0 aliphatic carbocycles. The predicted molar refractivity (Wildman–Crippen MR) is 94.4 cm³/mol. The van der Waals surface area contributed by atoms with Crippen LogP contribution in [0.1, 0.15) is 13.8 Å². The Hall–Kier alpha value is -1.87. The summed E-state index contributed by atoms with van der Waals surface area (Å²) < 4.78 is 6.44. The number of carbonyl (C=O) groups excluding carboxylic acids is 2. The summed E-state index contributed by atoms with van der Waals surface area (Å²) in [6.45, 7) is 3.97. The Morgan fingerprint density at radius 3 is 2.88 bits per heavy atom. The van der Waals surface area contributed by atoms with E-state index in [1.54, 1.807) is 6.92 Å². The van der Waals surface area contributed by atoms with E-state index in [1.807, 2.05) is 31.2 Å². The lowest BCUT2D eigenvalue weighted by Gasteiger charge is -2.12. The van der Waals surface area contributed by atoms with Gasteiger partial charge in [0, 0.05) is 16.6 Å². The fourth-order valence-electron chi connectivity index (χ4n) is 1.81. The van der Waals surface area contributed by atoms with Gasteiger partial charge in [-0.05, 0) is 32.0 Å². The first-order valence-electron chi connectivity index (χ1n) is 7.29. The Morgan fingerprint density at radius 1 is 1.38 bits per heavy atom. The van der Waals surface area contributed by atoms with Crippen molar-refractivity contribution < 1.29 is 14.0 Å². The normalized spacial score (nSPS) is 11.8. The number of nitrogens with zero attached hydrogens (tertiary/aromatic N) is 2. The molecule has 1 aromatic heterocycles. The third-order valence-corrected chi connectivity index (χ3v) is 4.24. The molecule has 0 spiro atoms. The molecule has 24 heavy (non-hydrogen) atoms. The zero-order chi connectivity index (χ0) is 17.5. The summed E-state index contributed by atoms with van der Waals surface area (Å²) in [5.74, 6) is -0.0226. The van der Waals surface area contributed by atoms with Crippen LogP contribution >= 0.6 is 27.7 Å². The second-order valence-electron chi connectivity index (χ2n) is 4.86. The van der Waals surface area contributed by atoms with Crippen LogP contribution in [0.3, 0.4) is 0 Å². The van der Waals surface area contributed by atoms with E-state index in [0.717, 1.165) is 21.8 Å². The van der Waals surface area contributed by atoms with E-state index < -0.39 is 6.04 Å². The van der Waals surface area contributed by atoms with E-state index in [2.05, 4.69) is 36.8 Å². The second kappa shape index (κ2) is 8.84. The Balaban J connectivity index is 1.87. The van der Waals surface area contributed by atoms with Gasteiger partial charge in [-0.3, -0.25) is 9.59 Å². The minimum absolute atomic E-state index is 0.0872. The van der Waals surface area contributed by atoms with E-state index in [9.17, 15) is 9.59 Å². The number of thioether (sulfide) groups is 1. The fourth-order valence-corrected chi connectivity index (χ4v) is 2.78. The number of nitrogens with one attached hydrogen (secondary N) is 2. The highest BCUT2D eigenvalue weighted by atomic mass is 79.9. The first kappa shape index (κ1) is 18.5. The molecule has 0 radical (unpaired) electrons. The molecule has 1 heterocycles. The standard InChI is InChI=1S/C15H17BrN4O3S/c1-3-17-13(22)9(2)18-12(21)8-24-15-20-19-14(23-15)10-5-4-6-11(16)7-10/h4-7,9H,3,8H2,1-2H3,(H,17,22)(H,18,21)/t9-/m1/s1. The number of benzene rings is 1. The van der Waals surface area contributed by atoms with Crippen molar-refractivity contribution in [1.29, 1.82) is 0 Å². The summed E-state index contributed by atoms with van der Waals surface area (Å²) in [7, 11) is 0. The highest BCUT2D eigenvalue weighted by Crippen LogP contribution is 2.25. The maximum absolute atomic E-state index is 11.8. The lowest BCUT2D eigenvalue weighted by Crippen LogP contribution is -2.45. The van der Waals surface area contributed by atoms with Gasteiger partial charge in [-0.2, -0.15) is 0 Å². The molecule has 0 bridgehead atoms. The van der Waals surface area contributed by atoms with Crippen LogP contribution in [-0.2, 0) is 9.59 Å². The zero-order valence-electron chi connectivity index (χ0n) is 13.2. The van der Waals surface area contributed by atoms with Crippen LogP contribution in [0.25, 0.3) is 11.5 Å². The number of carbonyl (C=O) groups is 2. The van der Waals surface area contributed by atoms with Crippen LogP contribution in [0, 0.1) is 0 Å². The predicted octanol–water partition coefficient (Wildman–Crippen LogP) is 2.23. The fraction of sp³-hybridized carbons (Fsp3) is 0.333. The molecular formula is C15H17BrN4O3S. The molecule has 2 amide bonds. The van der Waals surface area contributed by atoms with Gasteiger partial charge in [0.05, 0.1) is 5.75 Å². The molecule has 0 aliphatic rings. The van der Waals surface area contributed by atoms with Gasteiger partial charge < -0.3 is 15.1 Å². The van der Waals surface area contributed by atoms with E-state index >= 15 is 0 Å². The minimum Gasteiger partial charge on any atom is -0.411 e. The van der Waals surface area contributed by atoms with Gasteiger partial charge in [0.2, 0.25) is 17.7 Å². The second-order valence-corrected chi connectivity index (χ2v) is 6.70. The van der Waals surface area contributed by atoms with Crippen molar-refractivity contribution in [1.82, 2.24) is 20.8 Å². The highest BCUT2D eigenvalue weighted by Gasteiger charge is 2.16. The van der Waals surface area contributed by atoms with Crippen LogP contribution < -0.4 is 10.6 Å². The summed E-state index contributed by atoms with van der Waals surface area (Å²) in [5.41, 5.74) is 0.790. The molecule has 0 fully saturated rings. The van der Waals surface area contributed by atoms with Gasteiger partial charge in [0.1, 0.15) is 6.04 Å². The van der Waals surface area contributed by atoms with E-state index in [0.29, 0.717) is 17.7 Å². The number of amides is 2. The van der Waals surface area contributed by atoms with Crippen LogP contribution in [0.15, 0.2) is 38.4 Å². The third-order valence-electron chi connectivity index (χ3n) is 2.93. The zero-order valence-corrected chi connectivity index (χ0v) is 15.6. The first-order valence-corrected chi connectivity index (χ1v) is 9.06. The molecule has 9 heteroatoms. The molecule has 7 nitrogen and oxygen atoms in total. The van der Waals surface area contributed by atoms with Crippen LogP contribution in [0.2, 0.25) is 0 Å². The maximum atomic E-state index is 11.8. The van der Waals surface area contributed by atoms with Crippen molar-refractivity contribution in [3.05, 3.63) is 28.7 Å². The van der Waals surface area contributed by atoms with Crippen LogP contribution in [0.4, 0.5) is 0 Å². The largest absolute Gasteiger partial charge is 0.411 e. The molecule has 2 rings (SSSR count). The summed E-state index contributed by atoms with van der Waals surface area (Å²) in [6, 6.07) is 6.90. The summed E-state index contributed by atoms with van der Waals surface area (Å²) in [5, 5.41) is 13.4. The quantitative estimate of drug-likeness (QED) is 0.676. The number of aromatic nitrogens is 2. The average molecular weight is 413 g/mol. The SMILES string of the molecule is CCNC(=O)[C@@H](C)NC(=O)CSc1nnc(-c2cccc(Br)c2)o1. The number of hydrogen-bond acceptors (Lipinski definition) is 6. The monoisotopic (exact) mass is 412 g/mol. The Morgan fingerprint density at radius 2 is 2.17 bits per heavy atom. The number of likely N-dealkylation sites (N-methyl/N-ethyl adjacent to an activating group) is 1. The van der Waals surface area contributed by atoms with Crippen molar-refractivity contribution in [2.75, 3.05) is 12.3 Å². The summed E-state index contributed by atoms with van der Waals surface area (Å²) in [6.07, 6.45) is 0. The van der Waals surface area contributed by atoms with E-state index in [1.165, 1.54) is 0 Å². The van der Waals surface area contributed by atoms with Crippen molar-refractivity contribution >= 4 is 39.5 Å². The molecule has 2 aromatic rings. The lowest BCUT2D eigenvalue weighted by atomic mass is 10.2. The van der Waals surface area contributed by atoms with Crippen molar-refractivity contribution in [3.8, 4) is 11.5 Å². The van der Waals surface area contributed by atoms with E-state index in [4.69, 9.17) is 4.42 Å². The molecular weight excluding hydrogens is 396 g/mol. The summed E-state index contributed by atoms with van der Waals surface area (Å²) >= 11 is 4.50. The number of rotatable bonds is 7. The Labute approximate surface area is 152 Å². The molecule has 2 N–H and O–H groups in total. The van der Waals surface area contributed by atoms with Crippen molar-refractivity contribution in [2.45, 2.75) is 25.1 Å². The first-order chi connectivity index (χ1) is 11.5. The molecule has 1 atom stereocenters. The van der Waals surface area contributed by atoms with Gasteiger partial charge >= 0.3 is 0 Å². The van der Waals surface area contributed by atoms with Gasteiger partial charge in [0.15, 0.2) is 0 Å². The van der Waals surface area contributed by atoms with Crippen LogP contribution in [-0.4, -0.2) is 40.4 Å². The lowest BCUT2D eigenvalue weighted by molar-refractivity contribution is -0.127. The minimum atomic E-state index is -0.585.